The number of anilines is 2. The van der Waals surface area contributed by atoms with Gasteiger partial charge in [-0.15, -0.1) is 4.31 Å². The minimum atomic E-state index is -1.60. The number of ether oxygens (including phenoxy) is 1. The van der Waals surface area contributed by atoms with Gasteiger partial charge in [0.1, 0.15) is 17.1 Å². The molecule has 0 saturated heterocycles. The van der Waals surface area contributed by atoms with E-state index in [9.17, 15) is 9.35 Å². The van der Waals surface area contributed by atoms with Crippen LogP contribution in [0, 0.1) is 6.92 Å². The molecular formula is C33H29N3O4S. The van der Waals surface area contributed by atoms with E-state index in [1.54, 1.807) is 10.5 Å². The van der Waals surface area contributed by atoms with E-state index in [4.69, 9.17) is 9.26 Å². The molecule has 41 heavy (non-hydrogen) atoms. The van der Waals surface area contributed by atoms with Crippen molar-refractivity contribution in [1.29, 1.82) is 0 Å². The first-order valence-corrected chi connectivity index (χ1v) is 14.7. The first-order valence-electron chi connectivity index (χ1n) is 13.5. The lowest BCUT2D eigenvalue weighted by Gasteiger charge is -2.24. The maximum absolute atomic E-state index is 13.9. The molecule has 1 fully saturated rings. The van der Waals surface area contributed by atoms with Gasteiger partial charge in [-0.3, -0.25) is 4.79 Å². The molecule has 1 aliphatic carbocycles. The molecule has 0 aliphatic heterocycles. The van der Waals surface area contributed by atoms with Crippen molar-refractivity contribution in [3.63, 3.8) is 0 Å². The highest BCUT2D eigenvalue weighted by Crippen LogP contribution is 2.49. The summed E-state index contributed by atoms with van der Waals surface area (Å²) in [5.41, 5.74) is 4.56. The fourth-order valence-electron chi connectivity index (χ4n) is 4.99. The van der Waals surface area contributed by atoms with Crippen LogP contribution < -0.4 is 4.31 Å². The Morgan fingerprint density at radius 3 is 2.17 bits per heavy atom. The average Bonchev–Trinajstić information content (AvgIpc) is 3.76. The Balaban J connectivity index is 1.31. The summed E-state index contributed by atoms with van der Waals surface area (Å²) in [4.78, 5) is 17.6. The largest absolute Gasteiger partial charge is 0.587 e. The topological polar surface area (TPSA) is 91.5 Å². The summed E-state index contributed by atoms with van der Waals surface area (Å²) in [6.07, 6.45) is 3.32. The molecule has 8 heteroatoms. The molecule has 206 valence electrons. The number of nitrogens with zero attached hydrogens (tertiary/aromatic N) is 3. The second kappa shape index (κ2) is 11.2. The van der Waals surface area contributed by atoms with Crippen LogP contribution in [-0.2, 0) is 26.3 Å². The van der Waals surface area contributed by atoms with Crippen LogP contribution in [0.3, 0.4) is 0 Å². The molecule has 2 aromatic heterocycles. The molecule has 0 radical (unpaired) electrons. The fourth-order valence-corrected chi connectivity index (χ4v) is 6.25. The number of hydrogen-bond donors (Lipinski definition) is 0. The molecule has 0 bridgehead atoms. The van der Waals surface area contributed by atoms with Crippen LogP contribution in [0.15, 0.2) is 113 Å². The van der Waals surface area contributed by atoms with Gasteiger partial charge in [-0.2, -0.15) is 0 Å². The minimum Gasteiger partial charge on any atom is -0.587 e. The molecule has 1 atom stereocenters. The maximum Gasteiger partial charge on any atom is 0.316 e. The number of aromatic nitrogens is 2. The number of pyridine rings is 1. The van der Waals surface area contributed by atoms with Gasteiger partial charge in [0.05, 0.1) is 12.0 Å². The summed E-state index contributed by atoms with van der Waals surface area (Å²) in [5.74, 6) is 0.892. The van der Waals surface area contributed by atoms with Crippen LogP contribution >= 0.6 is 0 Å². The summed E-state index contributed by atoms with van der Waals surface area (Å²) in [7, 11) is 0. The number of carbonyl (C=O) groups excluding carboxylic acids is 1. The molecule has 0 spiro atoms. The number of aryl methyl sites for hydroxylation is 1. The predicted molar refractivity (Wildman–Crippen MR) is 159 cm³/mol. The molecule has 7 nitrogen and oxygen atoms in total. The quantitative estimate of drug-likeness (QED) is 0.139. The van der Waals surface area contributed by atoms with Gasteiger partial charge < -0.3 is 13.8 Å². The Hall–Kier alpha value is -4.40. The highest BCUT2D eigenvalue weighted by atomic mass is 32.2. The van der Waals surface area contributed by atoms with Crippen molar-refractivity contribution < 1.29 is 18.6 Å². The molecule has 1 saturated carbocycles. The van der Waals surface area contributed by atoms with E-state index in [0.717, 1.165) is 35.1 Å². The van der Waals surface area contributed by atoms with Gasteiger partial charge in [-0.25, -0.2) is 4.98 Å². The van der Waals surface area contributed by atoms with Gasteiger partial charge in [0.2, 0.25) is 0 Å². The lowest BCUT2D eigenvalue weighted by atomic mass is 9.93. The Kier molecular flexibility index (Phi) is 7.34. The van der Waals surface area contributed by atoms with Crippen LogP contribution in [0.4, 0.5) is 11.5 Å². The van der Waals surface area contributed by atoms with Crippen molar-refractivity contribution in [3.8, 4) is 22.5 Å². The third-order valence-corrected chi connectivity index (χ3v) is 8.71. The molecule has 6 rings (SSSR count). The second-order valence-electron chi connectivity index (χ2n) is 9.95. The summed E-state index contributed by atoms with van der Waals surface area (Å²) in [5, 5.41) is 4.25. The van der Waals surface area contributed by atoms with Gasteiger partial charge in [-0.1, -0.05) is 78.0 Å². The Morgan fingerprint density at radius 2 is 1.56 bits per heavy atom. The van der Waals surface area contributed by atoms with Gasteiger partial charge in [0.15, 0.2) is 22.2 Å². The molecule has 1 unspecified atom stereocenters. The summed E-state index contributed by atoms with van der Waals surface area (Å²) >= 11 is -1.60. The Bertz CT molecular complexity index is 1630. The minimum absolute atomic E-state index is 0.136. The smallest absolute Gasteiger partial charge is 0.316 e. The zero-order valence-electron chi connectivity index (χ0n) is 22.8. The van der Waals surface area contributed by atoms with Crippen molar-refractivity contribution in [3.05, 3.63) is 115 Å². The Labute approximate surface area is 242 Å². The number of esters is 1. The van der Waals surface area contributed by atoms with Gasteiger partial charge in [0.25, 0.3) is 0 Å². The van der Waals surface area contributed by atoms with E-state index in [1.165, 1.54) is 0 Å². The van der Waals surface area contributed by atoms with Gasteiger partial charge in [0, 0.05) is 11.8 Å². The number of hydrogen-bond acceptors (Lipinski definition) is 7. The number of benzene rings is 3. The number of rotatable bonds is 9. The summed E-state index contributed by atoms with van der Waals surface area (Å²) in [6.45, 7) is 4.06. The highest BCUT2D eigenvalue weighted by molar-refractivity contribution is 7.93. The van der Waals surface area contributed by atoms with Crippen molar-refractivity contribution >= 4 is 28.8 Å². The summed E-state index contributed by atoms with van der Waals surface area (Å²) in [6, 6.07) is 30.9. The number of carbonyl (C=O) groups is 1. The van der Waals surface area contributed by atoms with Crippen LogP contribution in [0.1, 0.15) is 31.0 Å². The molecule has 3 aromatic carbocycles. The standard InChI is InChI=1S/C33H29N3O4S/c1-3-39-32(37)33(20-21-33)27-18-16-25(17-19-27)24-12-14-26(15-13-24)31-30(23(2)35-40-31)36(29-11-7-8-22-34-29)41(38)28-9-5-4-6-10-28/h4-19,22H,3,20-21H2,1-2H3. The zero-order chi connectivity index (χ0) is 28.4. The molecule has 2 heterocycles. The maximum atomic E-state index is 13.9. The summed E-state index contributed by atoms with van der Waals surface area (Å²) < 4.78 is 26.7. The Morgan fingerprint density at radius 1 is 0.927 bits per heavy atom. The molecule has 0 amide bonds. The van der Waals surface area contributed by atoms with Gasteiger partial charge in [-0.05, 0) is 67.6 Å². The van der Waals surface area contributed by atoms with Crippen LogP contribution in [0.5, 0.6) is 0 Å². The monoisotopic (exact) mass is 563 g/mol. The van der Waals surface area contributed by atoms with Crippen LogP contribution in [0.25, 0.3) is 22.5 Å². The normalized spacial score (nSPS) is 14.3. The molecular weight excluding hydrogens is 534 g/mol. The lowest BCUT2D eigenvalue weighted by molar-refractivity contribution is -0.146. The van der Waals surface area contributed by atoms with Crippen LogP contribution in [0.2, 0.25) is 0 Å². The highest BCUT2D eigenvalue weighted by Gasteiger charge is 2.52. The lowest BCUT2D eigenvalue weighted by Crippen LogP contribution is -2.27. The first kappa shape index (κ1) is 26.8. The van der Waals surface area contributed by atoms with Crippen molar-refractivity contribution in [1.82, 2.24) is 10.1 Å². The SMILES string of the molecule is CCOC(=O)C1(c2ccc(-c3ccc(-c4onc(C)c4N(c4ccccn4)[S+]([O-])c4ccccc4)cc3)cc2)CC1. The van der Waals surface area contributed by atoms with E-state index in [1.807, 2.05) is 111 Å². The van der Waals surface area contributed by atoms with E-state index in [-0.39, 0.29) is 5.97 Å². The van der Waals surface area contributed by atoms with Crippen LogP contribution in [-0.4, -0.2) is 27.3 Å². The van der Waals surface area contributed by atoms with E-state index in [0.29, 0.717) is 34.5 Å². The molecule has 0 N–H and O–H groups in total. The average molecular weight is 564 g/mol. The third-order valence-electron chi connectivity index (χ3n) is 7.34. The zero-order valence-corrected chi connectivity index (χ0v) is 23.6. The fraction of sp³-hybridized carbons (Fsp3) is 0.182. The van der Waals surface area contributed by atoms with Crippen molar-refractivity contribution in [2.75, 3.05) is 10.9 Å². The first-order chi connectivity index (χ1) is 20.0. The van der Waals surface area contributed by atoms with Crippen molar-refractivity contribution in [2.24, 2.45) is 0 Å². The van der Waals surface area contributed by atoms with Crippen molar-refractivity contribution in [2.45, 2.75) is 37.0 Å². The second-order valence-corrected chi connectivity index (χ2v) is 11.3. The molecule has 5 aromatic rings. The van der Waals surface area contributed by atoms with E-state index >= 15 is 0 Å². The predicted octanol–water partition coefficient (Wildman–Crippen LogP) is 7.17. The third kappa shape index (κ3) is 5.12. The van der Waals surface area contributed by atoms with Gasteiger partial charge >= 0.3 is 5.97 Å². The van der Waals surface area contributed by atoms with E-state index in [2.05, 4.69) is 10.1 Å². The molecule has 1 aliphatic rings. The van der Waals surface area contributed by atoms with E-state index < -0.39 is 16.8 Å².